The maximum Gasteiger partial charge on any atom is 0.313 e. The fraction of sp³-hybridized carbons (Fsp3) is 0.389. The van der Waals surface area contributed by atoms with Crippen LogP contribution in [0.1, 0.15) is 58.1 Å². The van der Waals surface area contributed by atoms with E-state index in [1.54, 1.807) is 0 Å². The summed E-state index contributed by atoms with van der Waals surface area (Å²) in [6.07, 6.45) is 0. The molecule has 1 aromatic heterocycles. The van der Waals surface area contributed by atoms with E-state index < -0.39 is 4.92 Å². The van der Waals surface area contributed by atoms with Crippen LogP contribution >= 0.6 is 23.2 Å². The fourth-order valence-electron chi connectivity index (χ4n) is 2.50. The maximum absolute atomic E-state index is 11.3. The van der Waals surface area contributed by atoms with Gasteiger partial charge in [-0.15, -0.1) is 0 Å². The molecule has 0 bridgehead atoms. The molecule has 0 aliphatic carbocycles. The molecule has 0 atom stereocenters. The average Bonchev–Trinajstić information content (AvgIpc) is 2.50. The summed E-state index contributed by atoms with van der Waals surface area (Å²) in [6, 6.07) is 7.21. The molecule has 0 saturated carbocycles. The summed E-state index contributed by atoms with van der Waals surface area (Å²) >= 11 is 11.8. The Morgan fingerprint density at radius 3 is 2.08 bits per heavy atom. The Kier molecular flexibility index (Phi) is 7.20. The molecule has 0 saturated heterocycles. The van der Waals surface area contributed by atoms with Gasteiger partial charge < -0.3 is 5.32 Å². The van der Waals surface area contributed by atoms with Gasteiger partial charge in [0, 0.05) is 11.8 Å². The first-order chi connectivity index (χ1) is 11.2. The van der Waals surface area contributed by atoms with Crippen LogP contribution in [0.15, 0.2) is 24.3 Å². The van der Waals surface area contributed by atoms with Gasteiger partial charge in [-0.05, 0) is 23.0 Å². The lowest BCUT2D eigenvalue weighted by molar-refractivity contribution is -0.384. The van der Waals surface area contributed by atoms with Crippen molar-refractivity contribution in [2.24, 2.45) is 0 Å². The van der Waals surface area contributed by atoms with Gasteiger partial charge in [-0.3, -0.25) is 10.1 Å². The molecular weight excluding hydrogens is 361 g/mol. The smallest absolute Gasteiger partial charge is 0.313 e. The molecule has 2 aromatic rings. The lowest BCUT2D eigenvalue weighted by Gasteiger charge is -2.20. The Balaban J connectivity index is 0.00000312. The third kappa shape index (κ3) is 4.61. The highest BCUT2D eigenvalue weighted by Crippen LogP contribution is 2.38. The lowest BCUT2D eigenvalue weighted by atomic mass is 9.92. The minimum Gasteiger partial charge on any atom is -0.334 e. The van der Waals surface area contributed by atoms with Crippen molar-refractivity contribution in [3.8, 4) is 0 Å². The van der Waals surface area contributed by atoms with Gasteiger partial charge >= 0.3 is 5.69 Å². The summed E-state index contributed by atoms with van der Waals surface area (Å²) < 4.78 is 0. The molecule has 0 aliphatic rings. The van der Waals surface area contributed by atoms with Gasteiger partial charge in [-0.25, -0.2) is 4.98 Å². The number of hydrogen-bond donors (Lipinski definition) is 1. The second kappa shape index (κ2) is 8.50. The zero-order valence-electron chi connectivity index (χ0n) is 13.9. The van der Waals surface area contributed by atoms with E-state index in [0.717, 1.165) is 16.8 Å². The predicted molar refractivity (Wildman–Crippen MR) is 106 cm³/mol. The van der Waals surface area contributed by atoms with Crippen molar-refractivity contribution < 1.29 is 4.92 Å². The van der Waals surface area contributed by atoms with E-state index in [1.807, 2.05) is 18.2 Å². The summed E-state index contributed by atoms with van der Waals surface area (Å²) in [5.74, 6) is 0.574. The summed E-state index contributed by atoms with van der Waals surface area (Å²) in [6.45, 7) is 8.28. The number of pyridine rings is 1. The van der Waals surface area contributed by atoms with E-state index in [2.05, 4.69) is 38.0 Å². The zero-order valence-corrected chi connectivity index (χ0v) is 15.4. The summed E-state index contributed by atoms with van der Waals surface area (Å²) in [5, 5.41) is 14.5. The third-order valence-corrected chi connectivity index (χ3v) is 4.40. The van der Waals surface area contributed by atoms with Gasteiger partial charge in [-0.1, -0.05) is 76.5 Å². The van der Waals surface area contributed by atoms with Gasteiger partial charge in [0.15, 0.2) is 5.15 Å². The van der Waals surface area contributed by atoms with Gasteiger partial charge in [0.1, 0.15) is 0 Å². The van der Waals surface area contributed by atoms with Crippen molar-refractivity contribution in [1.29, 1.82) is 0 Å². The highest BCUT2D eigenvalue weighted by Gasteiger charge is 2.22. The van der Waals surface area contributed by atoms with Crippen molar-refractivity contribution in [2.45, 2.75) is 47.0 Å². The fourth-order valence-corrected chi connectivity index (χ4v) is 2.79. The number of para-hydroxylation sites is 1. The SMILES string of the molecule is C.CC(C)c1cccc(C(C)C)c1Nc1nc(Cl)c(Cl)cc1[N+](=O)[O-]. The number of rotatable bonds is 5. The number of anilines is 2. The quantitative estimate of drug-likeness (QED) is 0.345. The molecule has 5 nitrogen and oxygen atoms in total. The maximum atomic E-state index is 11.3. The van der Waals surface area contributed by atoms with Crippen LogP contribution < -0.4 is 5.32 Å². The predicted octanol–water partition coefficient (Wildman–Crippen LogP) is 6.92. The number of benzene rings is 1. The van der Waals surface area contributed by atoms with Gasteiger partial charge in [0.05, 0.1) is 9.95 Å². The number of hydrogen-bond acceptors (Lipinski definition) is 4. The Morgan fingerprint density at radius 2 is 1.64 bits per heavy atom. The monoisotopic (exact) mass is 383 g/mol. The van der Waals surface area contributed by atoms with Crippen LogP contribution in [0.4, 0.5) is 17.2 Å². The zero-order chi connectivity index (χ0) is 18.0. The molecule has 0 aliphatic heterocycles. The van der Waals surface area contributed by atoms with Gasteiger partial charge in [0.2, 0.25) is 5.82 Å². The minimum absolute atomic E-state index is 0. The van der Waals surface area contributed by atoms with E-state index in [1.165, 1.54) is 6.07 Å². The first kappa shape index (κ1) is 21.2. The molecule has 1 aromatic carbocycles. The Labute approximate surface area is 158 Å². The third-order valence-electron chi connectivity index (χ3n) is 3.73. The average molecular weight is 384 g/mol. The molecule has 25 heavy (non-hydrogen) atoms. The highest BCUT2D eigenvalue weighted by molar-refractivity contribution is 6.41. The number of halogens is 2. The molecule has 2 rings (SSSR count). The molecule has 0 spiro atoms. The van der Waals surface area contributed by atoms with E-state index >= 15 is 0 Å². The highest BCUT2D eigenvalue weighted by atomic mass is 35.5. The van der Waals surface area contributed by atoms with Crippen LogP contribution in [0.5, 0.6) is 0 Å². The normalized spacial score (nSPS) is 10.7. The largest absolute Gasteiger partial charge is 0.334 e. The molecule has 136 valence electrons. The van der Waals surface area contributed by atoms with E-state index in [9.17, 15) is 10.1 Å². The Hall–Kier alpha value is -1.85. The van der Waals surface area contributed by atoms with E-state index in [0.29, 0.717) is 0 Å². The standard InChI is InChI=1S/C17H19Cl2N3O2.CH4/c1-9(2)11-6-5-7-12(10(3)4)15(11)20-17-14(22(23)24)8-13(18)16(19)21-17;/h5-10H,1-4H3,(H,20,21);1H4. The second-order valence-corrected chi connectivity index (χ2v) is 6.90. The van der Waals surface area contributed by atoms with Gasteiger partial charge in [-0.2, -0.15) is 0 Å². The van der Waals surface area contributed by atoms with Crippen molar-refractivity contribution in [1.82, 2.24) is 4.98 Å². The van der Waals surface area contributed by atoms with Crippen molar-refractivity contribution in [3.63, 3.8) is 0 Å². The Morgan fingerprint density at radius 1 is 1.12 bits per heavy atom. The van der Waals surface area contributed by atoms with Crippen molar-refractivity contribution >= 4 is 40.4 Å². The molecule has 1 N–H and O–H groups in total. The molecule has 0 amide bonds. The first-order valence-corrected chi connectivity index (χ1v) is 8.38. The number of nitrogens with zero attached hydrogens (tertiary/aromatic N) is 2. The molecule has 0 unspecified atom stereocenters. The topological polar surface area (TPSA) is 68.1 Å². The van der Waals surface area contributed by atoms with Crippen LogP contribution in [0, 0.1) is 10.1 Å². The van der Waals surface area contributed by atoms with Crippen LogP contribution in [0.3, 0.4) is 0 Å². The van der Waals surface area contributed by atoms with Crippen LogP contribution in [-0.2, 0) is 0 Å². The minimum atomic E-state index is -0.523. The van der Waals surface area contributed by atoms with Gasteiger partial charge in [0.25, 0.3) is 0 Å². The summed E-state index contributed by atoms with van der Waals surface area (Å²) in [5.41, 5.74) is 2.74. The Bertz CT molecular complexity index is 751. The van der Waals surface area contributed by atoms with Crippen molar-refractivity contribution in [2.75, 3.05) is 5.32 Å². The van der Waals surface area contributed by atoms with Crippen LogP contribution in [0.25, 0.3) is 0 Å². The number of nitro groups is 1. The molecular formula is C18H23Cl2N3O2. The van der Waals surface area contributed by atoms with Crippen LogP contribution in [-0.4, -0.2) is 9.91 Å². The second-order valence-electron chi connectivity index (χ2n) is 6.13. The molecule has 7 heteroatoms. The van der Waals surface area contributed by atoms with E-state index in [4.69, 9.17) is 23.2 Å². The summed E-state index contributed by atoms with van der Waals surface area (Å²) in [7, 11) is 0. The molecule has 1 heterocycles. The first-order valence-electron chi connectivity index (χ1n) is 7.62. The summed E-state index contributed by atoms with van der Waals surface area (Å²) in [4.78, 5) is 14.9. The van der Waals surface area contributed by atoms with Crippen LogP contribution in [0.2, 0.25) is 10.2 Å². The number of nitrogens with one attached hydrogen (secondary N) is 1. The molecule has 0 fully saturated rings. The van der Waals surface area contributed by atoms with Crippen molar-refractivity contribution in [3.05, 3.63) is 55.7 Å². The van der Waals surface area contributed by atoms with E-state index in [-0.39, 0.29) is 40.9 Å². The number of aromatic nitrogens is 1. The lowest BCUT2D eigenvalue weighted by Crippen LogP contribution is -2.07. The molecule has 0 radical (unpaired) electrons.